The summed E-state index contributed by atoms with van der Waals surface area (Å²) in [6.07, 6.45) is 1.13. The van der Waals surface area contributed by atoms with Gasteiger partial charge in [0.15, 0.2) is 9.84 Å². The minimum absolute atomic E-state index is 0.0885. The first-order valence-corrected chi connectivity index (χ1v) is 9.70. The Morgan fingerprint density at radius 1 is 1.18 bits per heavy atom. The number of hydrogen-bond acceptors (Lipinski definition) is 4. The van der Waals surface area contributed by atoms with E-state index in [1.165, 1.54) is 12.1 Å². The largest absolute Gasteiger partial charge is 0.344 e. The van der Waals surface area contributed by atoms with Crippen molar-refractivity contribution in [3.63, 3.8) is 0 Å². The lowest BCUT2D eigenvalue weighted by atomic mass is 10.0. The highest BCUT2D eigenvalue weighted by Gasteiger charge is 2.20. The normalized spacial score (nSPS) is 13.1. The van der Waals surface area contributed by atoms with Crippen LogP contribution < -0.4 is 5.32 Å². The van der Waals surface area contributed by atoms with Crippen LogP contribution in [0.5, 0.6) is 0 Å². The van der Waals surface area contributed by atoms with Crippen LogP contribution in [0.3, 0.4) is 0 Å². The summed E-state index contributed by atoms with van der Waals surface area (Å²) >= 11 is 1.59. The Morgan fingerprint density at radius 3 is 2.45 bits per heavy atom. The predicted molar refractivity (Wildman–Crippen MR) is 88.9 cm³/mol. The Bertz CT molecular complexity index is 749. The van der Waals surface area contributed by atoms with E-state index in [4.69, 9.17) is 0 Å². The molecule has 0 fully saturated rings. The van der Waals surface area contributed by atoms with Gasteiger partial charge in [-0.1, -0.05) is 26.0 Å². The Labute approximate surface area is 135 Å². The highest BCUT2D eigenvalue weighted by molar-refractivity contribution is 7.90. The van der Waals surface area contributed by atoms with E-state index in [-0.39, 0.29) is 22.8 Å². The smallest absolute Gasteiger partial charge is 0.251 e. The second kappa shape index (κ2) is 6.62. The number of thiophene rings is 1. The molecule has 2 aromatic rings. The zero-order valence-corrected chi connectivity index (χ0v) is 14.4. The summed E-state index contributed by atoms with van der Waals surface area (Å²) in [6.45, 7) is 4.08. The second-order valence-corrected chi connectivity index (χ2v) is 8.51. The number of nitrogens with one attached hydrogen (secondary N) is 1. The van der Waals surface area contributed by atoms with Crippen molar-refractivity contribution in [2.45, 2.75) is 24.8 Å². The molecular weight excluding hydrogens is 318 g/mol. The van der Waals surface area contributed by atoms with E-state index >= 15 is 0 Å². The molecule has 6 heteroatoms. The average molecular weight is 337 g/mol. The van der Waals surface area contributed by atoms with Gasteiger partial charge in [0.25, 0.3) is 5.91 Å². The maximum Gasteiger partial charge on any atom is 0.251 e. The van der Waals surface area contributed by atoms with E-state index in [1.807, 2.05) is 31.4 Å². The van der Waals surface area contributed by atoms with Gasteiger partial charge >= 0.3 is 0 Å². The molecule has 2 rings (SSSR count). The standard InChI is InChI=1S/C16H19NO3S2/c1-11(2)15(14-8-5-9-21-14)17-16(18)12-6-4-7-13(10-12)22(3,19)20/h4-11,15H,1-3H3,(H,17,18). The Kier molecular flexibility index (Phi) is 5.03. The zero-order valence-electron chi connectivity index (χ0n) is 12.7. The molecular formula is C16H19NO3S2. The molecule has 0 radical (unpaired) electrons. The van der Waals surface area contributed by atoms with Crippen LogP contribution in [0, 0.1) is 5.92 Å². The molecule has 0 aliphatic heterocycles. The van der Waals surface area contributed by atoms with E-state index in [0.717, 1.165) is 11.1 Å². The Balaban J connectivity index is 2.25. The zero-order chi connectivity index (χ0) is 16.3. The van der Waals surface area contributed by atoms with Crippen molar-refractivity contribution in [2.24, 2.45) is 5.92 Å². The van der Waals surface area contributed by atoms with Gasteiger partial charge in [-0.25, -0.2) is 8.42 Å². The molecule has 0 aliphatic rings. The van der Waals surface area contributed by atoms with Gasteiger partial charge < -0.3 is 5.32 Å². The van der Waals surface area contributed by atoms with Crippen LogP contribution in [0.2, 0.25) is 0 Å². The number of carbonyl (C=O) groups is 1. The lowest BCUT2D eigenvalue weighted by molar-refractivity contribution is 0.0926. The third kappa shape index (κ3) is 3.96. The van der Waals surface area contributed by atoms with Crippen molar-refractivity contribution >= 4 is 27.1 Å². The summed E-state index contributed by atoms with van der Waals surface area (Å²) in [5.41, 5.74) is 0.352. The van der Waals surface area contributed by atoms with Crippen molar-refractivity contribution in [1.82, 2.24) is 5.32 Å². The van der Waals surface area contributed by atoms with Crippen molar-refractivity contribution in [1.29, 1.82) is 0 Å². The fourth-order valence-corrected chi connectivity index (χ4v) is 3.74. The number of rotatable bonds is 5. The summed E-state index contributed by atoms with van der Waals surface area (Å²) in [5, 5.41) is 4.96. The van der Waals surface area contributed by atoms with Gasteiger partial charge in [-0.3, -0.25) is 4.79 Å². The van der Waals surface area contributed by atoms with Crippen LogP contribution in [-0.2, 0) is 9.84 Å². The number of hydrogen-bond donors (Lipinski definition) is 1. The first-order chi connectivity index (χ1) is 10.3. The van der Waals surface area contributed by atoms with Crippen LogP contribution in [0.4, 0.5) is 0 Å². The number of benzene rings is 1. The minimum Gasteiger partial charge on any atom is -0.344 e. The number of amides is 1. The van der Waals surface area contributed by atoms with Crippen LogP contribution in [0.15, 0.2) is 46.7 Å². The lowest BCUT2D eigenvalue weighted by Gasteiger charge is -2.21. The van der Waals surface area contributed by atoms with E-state index in [0.29, 0.717) is 5.56 Å². The predicted octanol–water partition coefficient (Wildman–Crippen LogP) is 3.28. The van der Waals surface area contributed by atoms with Crippen molar-refractivity contribution in [2.75, 3.05) is 6.26 Å². The molecule has 1 amide bonds. The number of carbonyl (C=O) groups excluding carboxylic acids is 1. The van der Waals surface area contributed by atoms with E-state index in [1.54, 1.807) is 23.5 Å². The summed E-state index contributed by atoms with van der Waals surface area (Å²) < 4.78 is 23.2. The molecule has 0 bridgehead atoms. The molecule has 0 saturated heterocycles. The van der Waals surface area contributed by atoms with Gasteiger partial charge in [-0.05, 0) is 35.6 Å². The monoisotopic (exact) mass is 337 g/mol. The molecule has 1 aromatic heterocycles. The molecule has 118 valence electrons. The summed E-state index contributed by atoms with van der Waals surface area (Å²) in [5.74, 6) is -0.0294. The van der Waals surface area contributed by atoms with Crippen LogP contribution >= 0.6 is 11.3 Å². The molecule has 22 heavy (non-hydrogen) atoms. The van der Waals surface area contributed by atoms with Crippen molar-refractivity contribution in [3.05, 3.63) is 52.2 Å². The van der Waals surface area contributed by atoms with E-state index in [9.17, 15) is 13.2 Å². The molecule has 1 atom stereocenters. The highest BCUT2D eigenvalue weighted by Crippen LogP contribution is 2.26. The van der Waals surface area contributed by atoms with Gasteiger partial charge in [-0.2, -0.15) is 0 Å². The molecule has 4 nitrogen and oxygen atoms in total. The van der Waals surface area contributed by atoms with Crippen LogP contribution in [-0.4, -0.2) is 20.6 Å². The van der Waals surface area contributed by atoms with E-state index in [2.05, 4.69) is 5.32 Å². The topological polar surface area (TPSA) is 63.2 Å². The van der Waals surface area contributed by atoms with Gasteiger partial charge in [0.2, 0.25) is 0 Å². The molecule has 0 spiro atoms. The average Bonchev–Trinajstić information content (AvgIpc) is 2.97. The van der Waals surface area contributed by atoms with Crippen molar-refractivity contribution in [3.8, 4) is 0 Å². The highest BCUT2D eigenvalue weighted by atomic mass is 32.2. The third-order valence-corrected chi connectivity index (χ3v) is 5.39. The molecule has 0 saturated carbocycles. The summed E-state index contributed by atoms with van der Waals surface area (Å²) in [6, 6.07) is 9.96. The second-order valence-electron chi connectivity index (χ2n) is 5.51. The summed E-state index contributed by atoms with van der Waals surface area (Å²) in [7, 11) is -3.32. The first kappa shape index (κ1) is 16.7. The molecule has 0 aliphatic carbocycles. The van der Waals surface area contributed by atoms with Crippen LogP contribution in [0.1, 0.15) is 35.1 Å². The maximum absolute atomic E-state index is 12.4. The Hall–Kier alpha value is -1.66. The molecule has 1 N–H and O–H groups in total. The number of sulfone groups is 1. The quantitative estimate of drug-likeness (QED) is 0.911. The lowest BCUT2D eigenvalue weighted by Crippen LogP contribution is -2.31. The van der Waals surface area contributed by atoms with Gasteiger partial charge in [0, 0.05) is 16.7 Å². The first-order valence-electron chi connectivity index (χ1n) is 6.93. The minimum atomic E-state index is -3.32. The third-order valence-electron chi connectivity index (χ3n) is 3.33. The van der Waals surface area contributed by atoms with Crippen molar-refractivity contribution < 1.29 is 13.2 Å². The fourth-order valence-electron chi connectivity index (χ4n) is 2.13. The molecule has 1 aromatic carbocycles. The SMILES string of the molecule is CC(C)C(NC(=O)c1cccc(S(C)(=O)=O)c1)c1cccs1. The molecule has 1 heterocycles. The Morgan fingerprint density at radius 2 is 1.91 bits per heavy atom. The van der Waals surface area contributed by atoms with E-state index < -0.39 is 9.84 Å². The van der Waals surface area contributed by atoms with Gasteiger partial charge in [-0.15, -0.1) is 11.3 Å². The van der Waals surface area contributed by atoms with Crippen LogP contribution in [0.25, 0.3) is 0 Å². The summed E-state index contributed by atoms with van der Waals surface area (Å²) in [4.78, 5) is 13.7. The van der Waals surface area contributed by atoms with Gasteiger partial charge in [0.05, 0.1) is 10.9 Å². The molecule has 1 unspecified atom stereocenters. The fraction of sp³-hybridized carbons (Fsp3) is 0.312. The van der Waals surface area contributed by atoms with Gasteiger partial charge in [0.1, 0.15) is 0 Å². The maximum atomic E-state index is 12.4.